The lowest BCUT2D eigenvalue weighted by Gasteiger charge is -2.35. The second kappa shape index (κ2) is 7.16. The van der Waals surface area contributed by atoms with E-state index in [-0.39, 0.29) is 5.54 Å². The Morgan fingerprint density at radius 3 is 2.44 bits per heavy atom. The van der Waals surface area contributed by atoms with Crippen molar-refractivity contribution in [2.75, 3.05) is 18.9 Å². The van der Waals surface area contributed by atoms with Crippen molar-refractivity contribution in [3.05, 3.63) is 0 Å². The van der Waals surface area contributed by atoms with Gasteiger partial charge in [-0.1, -0.05) is 26.2 Å². The standard InChI is InChI=1S/C15H29NOS/c1-2-10-16-15(11-17,13-8-9-13)12-18-14-6-4-3-5-7-14/h13-14,16-17H,2-12H2,1H3. The van der Waals surface area contributed by atoms with Gasteiger partial charge in [0.15, 0.2) is 0 Å². The molecule has 0 aromatic heterocycles. The Morgan fingerprint density at radius 2 is 1.89 bits per heavy atom. The Labute approximate surface area is 116 Å². The fourth-order valence-electron chi connectivity index (χ4n) is 3.05. The fourth-order valence-corrected chi connectivity index (χ4v) is 4.68. The highest BCUT2D eigenvalue weighted by atomic mass is 32.2. The van der Waals surface area contributed by atoms with E-state index in [2.05, 4.69) is 24.0 Å². The molecule has 2 nitrogen and oxygen atoms in total. The van der Waals surface area contributed by atoms with Crippen LogP contribution >= 0.6 is 11.8 Å². The predicted molar refractivity (Wildman–Crippen MR) is 80.2 cm³/mol. The Morgan fingerprint density at radius 1 is 1.17 bits per heavy atom. The lowest BCUT2D eigenvalue weighted by atomic mass is 9.96. The van der Waals surface area contributed by atoms with E-state index < -0.39 is 0 Å². The summed E-state index contributed by atoms with van der Waals surface area (Å²) >= 11 is 2.13. The molecule has 106 valence electrons. The van der Waals surface area contributed by atoms with Crippen LogP contribution < -0.4 is 5.32 Å². The molecule has 0 saturated heterocycles. The number of hydrogen-bond acceptors (Lipinski definition) is 3. The van der Waals surface area contributed by atoms with Gasteiger partial charge in [0.25, 0.3) is 0 Å². The Bertz CT molecular complexity index is 239. The molecule has 0 amide bonds. The molecule has 2 rings (SSSR count). The topological polar surface area (TPSA) is 32.3 Å². The smallest absolute Gasteiger partial charge is 0.0624 e. The lowest BCUT2D eigenvalue weighted by Crippen LogP contribution is -2.53. The highest BCUT2D eigenvalue weighted by Crippen LogP contribution is 2.42. The van der Waals surface area contributed by atoms with Gasteiger partial charge >= 0.3 is 0 Å². The monoisotopic (exact) mass is 271 g/mol. The molecule has 0 aliphatic heterocycles. The summed E-state index contributed by atoms with van der Waals surface area (Å²) in [6.45, 7) is 3.57. The van der Waals surface area contributed by atoms with Gasteiger partial charge in [0.2, 0.25) is 0 Å². The summed E-state index contributed by atoms with van der Waals surface area (Å²) in [6.07, 6.45) is 10.8. The molecule has 1 atom stereocenters. The van der Waals surface area contributed by atoms with E-state index in [1.54, 1.807) is 0 Å². The van der Waals surface area contributed by atoms with Crippen molar-refractivity contribution in [3.63, 3.8) is 0 Å². The Kier molecular flexibility index (Phi) is 5.84. The summed E-state index contributed by atoms with van der Waals surface area (Å²) in [5.74, 6) is 1.84. The number of hydrogen-bond donors (Lipinski definition) is 2. The normalized spacial score (nSPS) is 25.0. The van der Waals surface area contributed by atoms with Crippen LogP contribution in [0.2, 0.25) is 0 Å². The van der Waals surface area contributed by atoms with Crippen molar-refractivity contribution in [3.8, 4) is 0 Å². The first kappa shape index (κ1) is 14.7. The van der Waals surface area contributed by atoms with Crippen molar-refractivity contribution in [1.29, 1.82) is 0 Å². The summed E-state index contributed by atoms with van der Waals surface area (Å²) in [5.41, 5.74) is 0.0259. The molecule has 0 aromatic carbocycles. The largest absolute Gasteiger partial charge is 0.394 e. The quantitative estimate of drug-likeness (QED) is 0.711. The van der Waals surface area contributed by atoms with Gasteiger partial charge < -0.3 is 10.4 Å². The molecule has 18 heavy (non-hydrogen) atoms. The van der Waals surface area contributed by atoms with Gasteiger partial charge in [0.1, 0.15) is 0 Å². The molecule has 0 spiro atoms. The molecule has 2 aliphatic rings. The van der Waals surface area contributed by atoms with Crippen LogP contribution in [0.15, 0.2) is 0 Å². The number of aliphatic hydroxyl groups is 1. The molecular formula is C15H29NOS. The number of thioether (sulfide) groups is 1. The first-order valence-electron chi connectivity index (χ1n) is 7.78. The second-order valence-electron chi connectivity index (χ2n) is 6.09. The highest BCUT2D eigenvalue weighted by molar-refractivity contribution is 8.00. The minimum Gasteiger partial charge on any atom is -0.394 e. The van der Waals surface area contributed by atoms with Gasteiger partial charge in [0, 0.05) is 11.0 Å². The van der Waals surface area contributed by atoms with Crippen molar-refractivity contribution >= 4 is 11.8 Å². The SMILES string of the molecule is CCCNC(CO)(CSC1CCCCC1)C1CC1. The average molecular weight is 271 g/mol. The molecule has 2 fully saturated rings. The van der Waals surface area contributed by atoms with Gasteiger partial charge in [-0.15, -0.1) is 0 Å². The van der Waals surface area contributed by atoms with E-state index in [9.17, 15) is 5.11 Å². The molecule has 0 radical (unpaired) electrons. The molecule has 2 aliphatic carbocycles. The van der Waals surface area contributed by atoms with Crippen LogP contribution in [0.1, 0.15) is 58.3 Å². The van der Waals surface area contributed by atoms with Crippen LogP contribution in [0, 0.1) is 5.92 Å². The second-order valence-corrected chi connectivity index (χ2v) is 7.38. The van der Waals surface area contributed by atoms with Crippen molar-refractivity contribution in [2.45, 2.75) is 69.1 Å². The molecular weight excluding hydrogens is 242 g/mol. The van der Waals surface area contributed by atoms with Gasteiger partial charge in [-0.2, -0.15) is 11.8 Å². The van der Waals surface area contributed by atoms with Crippen LogP contribution in [-0.4, -0.2) is 34.8 Å². The molecule has 2 N–H and O–H groups in total. The van der Waals surface area contributed by atoms with E-state index in [0.717, 1.165) is 29.9 Å². The maximum atomic E-state index is 9.87. The molecule has 0 heterocycles. The van der Waals surface area contributed by atoms with Crippen LogP contribution in [-0.2, 0) is 0 Å². The third-order valence-electron chi connectivity index (χ3n) is 4.50. The van der Waals surface area contributed by atoms with Crippen LogP contribution in [0.4, 0.5) is 0 Å². The maximum Gasteiger partial charge on any atom is 0.0624 e. The molecule has 1 unspecified atom stereocenters. The van der Waals surface area contributed by atoms with Crippen LogP contribution in [0.3, 0.4) is 0 Å². The Hall–Kier alpha value is 0.270. The average Bonchev–Trinajstić information content (AvgIpc) is 3.26. The molecule has 0 bridgehead atoms. The van der Waals surface area contributed by atoms with Gasteiger partial charge in [-0.25, -0.2) is 0 Å². The fraction of sp³-hybridized carbons (Fsp3) is 1.00. The minimum atomic E-state index is 0.0259. The van der Waals surface area contributed by atoms with Crippen molar-refractivity contribution in [2.24, 2.45) is 5.92 Å². The van der Waals surface area contributed by atoms with E-state index >= 15 is 0 Å². The minimum absolute atomic E-state index is 0.0259. The van der Waals surface area contributed by atoms with Crippen LogP contribution in [0.25, 0.3) is 0 Å². The van der Waals surface area contributed by atoms with Gasteiger partial charge in [-0.05, 0) is 44.6 Å². The van der Waals surface area contributed by atoms with Crippen LogP contribution in [0.5, 0.6) is 0 Å². The zero-order valence-corrected chi connectivity index (χ0v) is 12.6. The van der Waals surface area contributed by atoms with E-state index in [0.29, 0.717) is 6.61 Å². The summed E-state index contributed by atoms with van der Waals surface area (Å²) in [6, 6.07) is 0. The number of aliphatic hydroxyl groups excluding tert-OH is 1. The summed E-state index contributed by atoms with van der Waals surface area (Å²) in [4.78, 5) is 0. The Balaban J connectivity index is 1.83. The zero-order valence-electron chi connectivity index (χ0n) is 11.8. The predicted octanol–water partition coefficient (Wildman–Crippen LogP) is 3.19. The molecule has 2 saturated carbocycles. The third kappa shape index (κ3) is 3.88. The van der Waals surface area contributed by atoms with Crippen molar-refractivity contribution in [1.82, 2.24) is 5.32 Å². The molecule has 3 heteroatoms. The van der Waals surface area contributed by atoms with Crippen molar-refractivity contribution < 1.29 is 5.11 Å². The van der Waals surface area contributed by atoms with Gasteiger partial charge in [-0.3, -0.25) is 0 Å². The maximum absolute atomic E-state index is 9.87. The van der Waals surface area contributed by atoms with Gasteiger partial charge in [0.05, 0.1) is 12.1 Å². The summed E-state index contributed by atoms with van der Waals surface area (Å²) in [7, 11) is 0. The number of rotatable bonds is 8. The van der Waals surface area contributed by atoms with E-state index in [4.69, 9.17) is 0 Å². The third-order valence-corrected chi connectivity index (χ3v) is 6.12. The highest BCUT2D eigenvalue weighted by Gasteiger charge is 2.44. The number of nitrogens with one attached hydrogen (secondary N) is 1. The first-order chi connectivity index (χ1) is 8.80. The molecule has 0 aromatic rings. The zero-order chi connectivity index (χ0) is 12.8. The summed E-state index contributed by atoms with van der Waals surface area (Å²) in [5, 5.41) is 14.4. The lowest BCUT2D eigenvalue weighted by molar-refractivity contribution is 0.159. The first-order valence-corrected chi connectivity index (χ1v) is 8.83. The summed E-state index contributed by atoms with van der Waals surface area (Å²) < 4.78 is 0. The van der Waals surface area contributed by atoms with E-state index in [1.165, 1.54) is 44.9 Å². The van der Waals surface area contributed by atoms with E-state index in [1.807, 2.05) is 0 Å².